The monoisotopic (exact) mass is 195 g/mol. The summed E-state index contributed by atoms with van der Waals surface area (Å²) in [6, 6.07) is 9.64. The lowest BCUT2D eigenvalue weighted by molar-refractivity contribution is -0.0608. The number of likely N-dealkylation sites (N-methyl/N-ethyl adjacent to an activating group) is 1. The van der Waals surface area contributed by atoms with Crippen LogP contribution >= 0.6 is 0 Å². The first-order valence-electron chi connectivity index (χ1n) is 4.67. The van der Waals surface area contributed by atoms with E-state index in [9.17, 15) is 10.2 Å². The summed E-state index contributed by atoms with van der Waals surface area (Å²) in [7, 11) is 3.47. The molecule has 0 saturated carbocycles. The minimum Gasteiger partial charge on any atom is -0.389 e. The Kier molecular flexibility index (Phi) is 4.07. The van der Waals surface area contributed by atoms with E-state index in [-0.39, 0.29) is 0 Å². The van der Waals surface area contributed by atoms with Crippen molar-refractivity contribution < 1.29 is 10.2 Å². The van der Waals surface area contributed by atoms with E-state index >= 15 is 0 Å². The van der Waals surface area contributed by atoms with Gasteiger partial charge in [0.1, 0.15) is 6.23 Å². The molecule has 0 aliphatic rings. The van der Waals surface area contributed by atoms with Crippen LogP contribution in [0.1, 0.15) is 5.56 Å². The molecule has 3 nitrogen and oxygen atoms in total. The van der Waals surface area contributed by atoms with Crippen molar-refractivity contribution in [1.82, 2.24) is 4.90 Å². The second-order valence-corrected chi connectivity index (χ2v) is 3.63. The van der Waals surface area contributed by atoms with E-state index in [2.05, 4.69) is 0 Å². The van der Waals surface area contributed by atoms with Gasteiger partial charge in [-0.2, -0.15) is 0 Å². The summed E-state index contributed by atoms with van der Waals surface area (Å²) in [5, 5.41) is 19.2. The number of nitrogens with zero attached hydrogens (tertiary/aromatic N) is 1. The lowest BCUT2D eigenvalue weighted by atomic mass is 10.1. The van der Waals surface area contributed by atoms with Gasteiger partial charge in [-0.25, -0.2) is 0 Å². The summed E-state index contributed by atoms with van der Waals surface area (Å²) in [5.41, 5.74) is 1.03. The highest BCUT2D eigenvalue weighted by atomic mass is 16.3. The quantitative estimate of drug-likeness (QED) is 0.686. The first-order chi connectivity index (χ1) is 6.61. The Bertz CT molecular complexity index is 261. The Morgan fingerprint density at radius 1 is 1.14 bits per heavy atom. The van der Waals surface area contributed by atoms with Crippen molar-refractivity contribution in [1.29, 1.82) is 0 Å². The van der Waals surface area contributed by atoms with Crippen LogP contribution in [0.2, 0.25) is 0 Å². The number of aliphatic hydroxyl groups is 2. The molecular weight excluding hydrogens is 178 g/mol. The highest BCUT2D eigenvalue weighted by molar-refractivity contribution is 5.15. The third kappa shape index (κ3) is 3.10. The average molecular weight is 195 g/mol. The van der Waals surface area contributed by atoms with Crippen LogP contribution in [-0.4, -0.2) is 41.5 Å². The highest BCUT2D eigenvalue weighted by Gasteiger charge is 2.17. The molecule has 0 radical (unpaired) electrons. The van der Waals surface area contributed by atoms with E-state index in [1.54, 1.807) is 19.0 Å². The molecule has 2 atom stereocenters. The summed E-state index contributed by atoms with van der Waals surface area (Å²) in [4.78, 5) is 1.59. The molecule has 78 valence electrons. The van der Waals surface area contributed by atoms with Gasteiger partial charge in [-0.3, -0.25) is 4.90 Å². The fraction of sp³-hybridized carbons (Fsp3) is 0.455. The topological polar surface area (TPSA) is 43.7 Å². The number of rotatable bonds is 4. The van der Waals surface area contributed by atoms with Gasteiger partial charge in [0.2, 0.25) is 0 Å². The fourth-order valence-corrected chi connectivity index (χ4v) is 1.31. The minimum atomic E-state index is -0.810. The summed E-state index contributed by atoms with van der Waals surface area (Å²) in [5.74, 6) is 0. The van der Waals surface area contributed by atoms with E-state index in [1.807, 2.05) is 30.3 Å². The van der Waals surface area contributed by atoms with Crippen LogP contribution in [0.3, 0.4) is 0 Å². The molecule has 2 unspecified atom stereocenters. The van der Waals surface area contributed by atoms with Crippen LogP contribution in [0.25, 0.3) is 0 Å². The number of hydrogen-bond donors (Lipinski definition) is 2. The maximum atomic E-state index is 9.65. The molecule has 0 spiro atoms. The van der Waals surface area contributed by atoms with Crippen molar-refractivity contribution in [3.05, 3.63) is 35.9 Å². The zero-order chi connectivity index (χ0) is 10.6. The minimum absolute atomic E-state index is 0.472. The summed E-state index contributed by atoms with van der Waals surface area (Å²) >= 11 is 0. The predicted molar refractivity (Wildman–Crippen MR) is 55.8 cm³/mol. The van der Waals surface area contributed by atoms with E-state index < -0.39 is 12.3 Å². The molecule has 0 fully saturated rings. The first-order valence-corrected chi connectivity index (χ1v) is 4.67. The van der Waals surface area contributed by atoms with Gasteiger partial charge in [0.15, 0.2) is 0 Å². The average Bonchev–Trinajstić information content (AvgIpc) is 2.18. The standard InChI is InChI=1S/C11H17NO2/c1-12(2)11(14)10(13)8-9-6-4-3-5-7-9/h3-7,10-11,13-14H,8H2,1-2H3. The number of hydrogen-bond acceptors (Lipinski definition) is 3. The molecule has 0 saturated heterocycles. The van der Waals surface area contributed by atoms with Crippen LogP contribution in [0, 0.1) is 0 Å². The molecule has 0 amide bonds. The van der Waals surface area contributed by atoms with Crippen molar-refractivity contribution >= 4 is 0 Å². The first kappa shape index (κ1) is 11.2. The smallest absolute Gasteiger partial charge is 0.133 e. The van der Waals surface area contributed by atoms with Crippen molar-refractivity contribution in [3.8, 4) is 0 Å². The fourth-order valence-electron chi connectivity index (χ4n) is 1.31. The second kappa shape index (κ2) is 5.10. The van der Waals surface area contributed by atoms with Gasteiger partial charge in [0.25, 0.3) is 0 Å². The predicted octanol–water partition coefficient (Wildman–Crippen LogP) is 0.470. The second-order valence-electron chi connectivity index (χ2n) is 3.63. The van der Waals surface area contributed by atoms with Crippen LogP contribution in [0.5, 0.6) is 0 Å². The van der Waals surface area contributed by atoms with Crippen LogP contribution in [-0.2, 0) is 6.42 Å². The van der Waals surface area contributed by atoms with Gasteiger partial charge in [-0.1, -0.05) is 30.3 Å². The molecule has 1 aromatic rings. The number of aliphatic hydroxyl groups excluding tert-OH is 2. The zero-order valence-corrected chi connectivity index (χ0v) is 8.59. The number of benzene rings is 1. The Hall–Kier alpha value is -0.900. The van der Waals surface area contributed by atoms with E-state index in [1.165, 1.54) is 0 Å². The third-order valence-corrected chi connectivity index (χ3v) is 2.16. The van der Waals surface area contributed by atoms with E-state index in [0.717, 1.165) is 5.56 Å². The Balaban J connectivity index is 2.53. The zero-order valence-electron chi connectivity index (χ0n) is 8.59. The van der Waals surface area contributed by atoms with Crippen molar-refractivity contribution in [2.24, 2.45) is 0 Å². The van der Waals surface area contributed by atoms with Gasteiger partial charge in [-0.05, 0) is 19.7 Å². The molecule has 0 aliphatic heterocycles. The molecular formula is C11H17NO2. The summed E-state index contributed by atoms with van der Waals surface area (Å²) in [6.07, 6.45) is -1.08. The maximum absolute atomic E-state index is 9.65. The molecule has 0 bridgehead atoms. The van der Waals surface area contributed by atoms with Gasteiger partial charge in [0.05, 0.1) is 6.10 Å². The third-order valence-electron chi connectivity index (χ3n) is 2.16. The molecule has 3 heteroatoms. The van der Waals surface area contributed by atoms with Crippen molar-refractivity contribution in [3.63, 3.8) is 0 Å². The van der Waals surface area contributed by atoms with Crippen molar-refractivity contribution in [2.75, 3.05) is 14.1 Å². The van der Waals surface area contributed by atoms with Gasteiger partial charge < -0.3 is 10.2 Å². The Morgan fingerprint density at radius 3 is 2.21 bits per heavy atom. The SMILES string of the molecule is CN(C)C(O)C(O)Cc1ccccc1. The molecule has 0 aliphatic carbocycles. The maximum Gasteiger partial charge on any atom is 0.133 e. The Labute approximate surface area is 84.6 Å². The summed E-state index contributed by atoms with van der Waals surface area (Å²) in [6.45, 7) is 0. The van der Waals surface area contributed by atoms with Gasteiger partial charge in [-0.15, -0.1) is 0 Å². The molecule has 1 rings (SSSR count). The Morgan fingerprint density at radius 2 is 1.71 bits per heavy atom. The van der Waals surface area contributed by atoms with Crippen LogP contribution in [0.4, 0.5) is 0 Å². The molecule has 14 heavy (non-hydrogen) atoms. The van der Waals surface area contributed by atoms with Crippen LogP contribution < -0.4 is 0 Å². The molecule has 0 aromatic heterocycles. The lowest BCUT2D eigenvalue weighted by Crippen LogP contribution is -2.39. The van der Waals surface area contributed by atoms with Gasteiger partial charge in [0, 0.05) is 6.42 Å². The highest BCUT2D eigenvalue weighted by Crippen LogP contribution is 2.06. The van der Waals surface area contributed by atoms with Crippen LogP contribution in [0.15, 0.2) is 30.3 Å². The molecule has 1 aromatic carbocycles. The summed E-state index contributed by atoms with van der Waals surface area (Å²) < 4.78 is 0. The van der Waals surface area contributed by atoms with Gasteiger partial charge >= 0.3 is 0 Å². The normalized spacial score (nSPS) is 15.5. The van der Waals surface area contributed by atoms with E-state index in [4.69, 9.17) is 0 Å². The van der Waals surface area contributed by atoms with Crippen molar-refractivity contribution in [2.45, 2.75) is 18.8 Å². The molecule has 2 N–H and O–H groups in total. The van der Waals surface area contributed by atoms with E-state index in [0.29, 0.717) is 6.42 Å². The lowest BCUT2D eigenvalue weighted by Gasteiger charge is -2.23. The molecule has 0 heterocycles. The largest absolute Gasteiger partial charge is 0.389 e.